The number of benzene rings is 1. The van der Waals surface area contributed by atoms with Crippen molar-refractivity contribution >= 4 is 15.7 Å². The summed E-state index contributed by atoms with van der Waals surface area (Å²) in [6.45, 7) is 3.02. The summed E-state index contributed by atoms with van der Waals surface area (Å²) in [4.78, 5) is 2.61. The molecule has 1 aromatic rings. The minimum absolute atomic E-state index is 0.0369. The van der Waals surface area contributed by atoms with Crippen LogP contribution in [0.4, 0.5) is 5.69 Å². The van der Waals surface area contributed by atoms with Gasteiger partial charge in [0.25, 0.3) is 0 Å². The molecular formula is C13H20N4O2S. The summed E-state index contributed by atoms with van der Waals surface area (Å²) >= 11 is 0. The van der Waals surface area contributed by atoms with Crippen molar-refractivity contribution in [2.75, 3.05) is 25.1 Å². The van der Waals surface area contributed by atoms with Crippen molar-refractivity contribution < 1.29 is 8.42 Å². The summed E-state index contributed by atoms with van der Waals surface area (Å²) in [5, 5.41) is 0. The van der Waals surface area contributed by atoms with Crippen LogP contribution in [0.5, 0.6) is 0 Å². The van der Waals surface area contributed by atoms with Gasteiger partial charge in [-0.05, 0) is 56.1 Å². The highest BCUT2D eigenvalue weighted by molar-refractivity contribution is 7.89. The van der Waals surface area contributed by atoms with E-state index in [1.54, 1.807) is 24.3 Å². The van der Waals surface area contributed by atoms with Gasteiger partial charge in [0, 0.05) is 18.3 Å². The van der Waals surface area contributed by atoms with Crippen LogP contribution >= 0.6 is 0 Å². The van der Waals surface area contributed by atoms with Crippen molar-refractivity contribution in [3.63, 3.8) is 0 Å². The Morgan fingerprint density at radius 2 is 1.80 bits per heavy atom. The third-order valence-electron chi connectivity index (χ3n) is 4.29. The van der Waals surface area contributed by atoms with Gasteiger partial charge in [0.15, 0.2) is 0 Å². The maximum Gasteiger partial charge on any atom is 0.240 e. The zero-order valence-corrected chi connectivity index (χ0v) is 12.1. The molecule has 1 aromatic carbocycles. The lowest BCUT2D eigenvalue weighted by atomic mass is 9.85. The van der Waals surface area contributed by atoms with Gasteiger partial charge in [0.2, 0.25) is 10.0 Å². The maximum absolute atomic E-state index is 12.4. The normalized spacial score (nSPS) is 29.4. The number of nitrogens with two attached hydrogens (primary N) is 1. The van der Waals surface area contributed by atoms with Gasteiger partial charge in [0.1, 0.15) is 0 Å². The molecule has 3 fully saturated rings. The van der Waals surface area contributed by atoms with Gasteiger partial charge in [0.05, 0.1) is 4.90 Å². The molecule has 0 aromatic heterocycles. The molecule has 0 aliphatic carbocycles. The van der Waals surface area contributed by atoms with Crippen LogP contribution in [0, 0.1) is 5.92 Å². The van der Waals surface area contributed by atoms with Gasteiger partial charge in [-0.15, -0.1) is 0 Å². The highest BCUT2D eigenvalue weighted by atomic mass is 32.2. The predicted octanol–water partition coefficient (Wildman–Crippen LogP) is 0.345. The maximum atomic E-state index is 12.4. The van der Waals surface area contributed by atoms with E-state index < -0.39 is 10.0 Å². The van der Waals surface area contributed by atoms with Crippen LogP contribution in [0.25, 0.3) is 0 Å². The summed E-state index contributed by atoms with van der Waals surface area (Å²) in [7, 11) is -3.45. The number of nitrogen functional groups attached to an aromatic ring is 1. The van der Waals surface area contributed by atoms with E-state index in [0.717, 1.165) is 32.5 Å². The third kappa shape index (κ3) is 2.67. The zero-order valence-electron chi connectivity index (χ0n) is 11.2. The fourth-order valence-electron chi connectivity index (χ4n) is 3.10. The van der Waals surface area contributed by atoms with Crippen molar-refractivity contribution in [1.82, 2.24) is 9.62 Å². The third-order valence-corrected chi connectivity index (χ3v) is 5.80. The van der Waals surface area contributed by atoms with Crippen molar-refractivity contribution in [2.45, 2.75) is 23.8 Å². The molecule has 0 saturated carbocycles. The molecule has 3 aliphatic rings. The molecule has 1 atom stereocenters. The Hall–Kier alpha value is -1.15. The Balaban J connectivity index is 1.74. The van der Waals surface area contributed by atoms with Crippen LogP contribution in [0.2, 0.25) is 0 Å². The summed E-state index contributed by atoms with van der Waals surface area (Å²) in [6, 6.07) is 6.49. The monoisotopic (exact) mass is 296 g/mol. The fourth-order valence-corrected chi connectivity index (χ4v) is 4.39. The van der Waals surface area contributed by atoms with Gasteiger partial charge >= 0.3 is 0 Å². The molecule has 3 saturated heterocycles. The van der Waals surface area contributed by atoms with Crippen LogP contribution in [0.15, 0.2) is 29.2 Å². The van der Waals surface area contributed by atoms with E-state index in [0.29, 0.717) is 11.6 Å². The lowest BCUT2D eigenvalue weighted by Gasteiger charge is -2.44. The Morgan fingerprint density at radius 1 is 1.15 bits per heavy atom. The number of nitrogens with zero attached hydrogens (tertiary/aromatic N) is 1. The highest BCUT2D eigenvalue weighted by Crippen LogP contribution is 2.28. The molecule has 4 N–H and O–H groups in total. The van der Waals surface area contributed by atoms with Crippen molar-refractivity contribution in [3.8, 4) is 0 Å². The largest absolute Gasteiger partial charge is 0.324 e. The second-order valence-electron chi connectivity index (χ2n) is 5.53. The van der Waals surface area contributed by atoms with Gasteiger partial charge in [-0.2, -0.15) is 0 Å². The molecule has 7 heteroatoms. The van der Waals surface area contributed by atoms with Gasteiger partial charge in [-0.3, -0.25) is 5.84 Å². The average Bonchev–Trinajstić information content (AvgIpc) is 2.48. The van der Waals surface area contributed by atoms with E-state index in [4.69, 9.17) is 5.84 Å². The van der Waals surface area contributed by atoms with E-state index in [1.807, 2.05) is 0 Å². The topological polar surface area (TPSA) is 87.5 Å². The molecular weight excluding hydrogens is 276 g/mol. The van der Waals surface area contributed by atoms with Gasteiger partial charge < -0.3 is 10.3 Å². The first-order valence-corrected chi connectivity index (χ1v) is 8.38. The zero-order chi connectivity index (χ0) is 14.2. The molecule has 110 valence electrons. The molecule has 0 amide bonds. The van der Waals surface area contributed by atoms with Crippen molar-refractivity contribution in [3.05, 3.63) is 24.3 Å². The molecule has 3 heterocycles. The predicted molar refractivity (Wildman–Crippen MR) is 77.5 cm³/mol. The Labute approximate surface area is 119 Å². The summed E-state index contributed by atoms with van der Waals surface area (Å²) in [5.41, 5.74) is 3.17. The quantitative estimate of drug-likeness (QED) is 0.551. The second kappa shape index (κ2) is 5.33. The number of fused-ring (bicyclic) bond motifs is 3. The minimum Gasteiger partial charge on any atom is -0.324 e. The number of piperidine rings is 3. The molecule has 3 aliphatic heterocycles. The first-order valence-electron chi connectivity index (χ1n) is 6.90. The SMILES string of the molecule is NNc1ccc(S(=O)(=O)NC2CN3CCC2CC3)cc1. The number of rotatable bonds is 4. The number of hydrogen-bond donors (Lipinski definition) is 3. The number of sulfonamides is 1. The molecule has 6 nitrogen and oxygen atoms in total. The van der Waals surface area contributed by atoms with Crippen LogP contribution in [-0.4, -0.2) is 39.0 Å². The van der Waals surface area contributed by atoms with E-state index >= 15 is 0 Å². The van der Waals surface area contributed by atoms with Gasteiger partial charge in [-0.25, -0.2) is 13.1 Å². The van der Waals surface area contributed by atoms with Crippen LogP contribution < -0.4 is 16.0 Å². The summed E-state index contributed by atoms with van der Waals surface area (Å²) in [5.74, 6) is 5.75. The number of hydrogen-bond acceptors (Lipinski definition) is 5. The number of hydrazine groups is 1. The fraction of sp³-hybridized carbons (Fsp3) is 0.538. The highest BCUT2D eigenvalue weighted by Gasteiger charge is 2.36. The van der Waals surface area contributed by atoms with Crippen molar-refractivity contribution in [1.29, 1.82) is 0 Å². The van der Waals surface area contributed by atoms with Crippen LogP contribution in [0.3, 0.4) is 0 Å². The van der Waals surface area contributed by atoms with Crippen LogP contribution in [0.1, 0.15) is 12.8 Å². The molecule has 1 unspecified atom stereocenters. The first-order chi connectivity index (χ1) is 9.58. The van der Waals surface area contributed by atoms with E-state index in [1.165, 1.54) is 0 Å². The Morgan fingerprint density at radius 3 is 2.30 bits per heavy atom. The molecule has 20 heavy (non-hydrogen) atoms. The number of nitrogens with one attached hydrogen (secondary N) is 2. The first kappa shape index (κ1) is 13.8. The number of anilines is 1. The summed E-state index contributed by atoms with van der Waals surface area (Å²) < 4.78 is 27.6. The van der Waals surface area contributed by atoms with E-state index in [2.05, 4.69) is 15.0 Å². The van der Waals surface area contributed by atoms with Crippen molar-refractivity contribution in [2.24, 2.45) is 11.8 Å². The van der Waals surface area contributed by atoms with E-state index in [9.17, 15) is 8.42 Å². The molecule has 4 rings (SSSR count). The molecule has 0 radical (unpaired) electrons. The lowest BCUT2D eigenvalue weighted by molar-refractivity contribution is 0.0827. The molecule has 0 spiro atoms. The Kier molecular flexibility index (Phi) is 3.68. The van der Waals surface area contributed by atoms with E-state index in [-0.39, 0.29) is 10.9 Å². The lowest BCUT2D eigenvalue weighted by Crippen LogP contribution is -2.57. The standard InChI is InChI=1S/C13H20N4O2S/c14-15-11-1-3-12(4-2-11)20(18,19)16-13-9-17-7-5-10(13)6-8-17/h1-4,10,13,15-16H,5-9,14H2. The van der Waals surface area contributed by atoms with Gasteiger partial charge in [-0.1, -0.05) is 0 Å². The average molecular weight is 296 g/mol. The Bertz CT molecular complexity index is 565. The second-order valence-corrected chi connectivity index (χ2v) is 7.25. The van der Waals surface area contributed by atoms with Crippen LogP contribution in [-0.2, 0) is 10.0 Å². The smallest absolute Gasteiger partial charge is 0.240 e. The summed E-state index contributed by atoms with van der Waals surface area (Å²) in [6.07, 6.45) is 2.17. The minimum atomic E-state index is -3.45. The molecule has 2 bridgehead atoms.